The second kappa shape index (κ2) is 9.44. The minimum absolute atomic E-state index is 0.319. The summed E-state index contributed by atoms with van der Waals surface area (Å²) in [5.74, 6) is 3.21. The zero-order valence-corrected chi connectivity index (χ0v) is 19.2. The van der Waals surface area contributed by atoms with Crippen molar-refractivity contribution in [3.63, 3.8) is 0 Å². The molecule has 1 aromatic carbocycles. The summed E-state index contributed by atoms with van der Waals surface area (Å²) in [4.78, 5) is 11.3. The largest absolute Gasteiger partial charge is 0.369 e. The standard InChI is InChI=1S/C16H20ClN3.C4H7N3.C2H6/c1-10(2)14-18-15(11-9-16(11,3)4)20(19-14)13-8-6-5-7-12(13)17;1-3-2-6-4(5)7-3;1-2/h5-8,10-11H,9H2,1-4H3;2H,1H3,(H3,5,6,7);1-2H3/t11-;;/m0../s1. The summed E-state index contributed by atoms with van der Waals surface area (Å²) >= 11 is 6.33. The first-order valence-corrected chi connectivity index (χ1v) is 10.6. The number of imidazole rings is 1. The molecule has 3 N–H and O–H groups in total. The Labute approximate surface area is 178 Å². The molecule has 1 aliphatic rings. The molecule has 0 unspecified atom stereocenters. The molecule has 0 radical (unpaired) electrons. The van der Waals surface area contributed by atoms with E-state index in [1.165, 1.54) is 0 Å². The number of aromatic amines is 1. The molecule has 158 valence electrons. The van der Waals surface area contributed by atoms with Crippen LogP contribution in [-0.4, -0.2) is 24.7 Å². The number of nitrogens with two attached hydrogens (primary N) is 1. The molecule has 1 aliphatic carbocycles. The van der Waals surface area contributed by atoms with Crippen LogP contribution in [0.15, 0.2) is 30.5 Å². The highest BCUT2D eigenvalue weighted by Crippen LogP contribution is 2.58. The lowest BCUT2D eigenvalue weighted by Crippen LogP contribution is -2.05. The number of nitrogen functional groups attached to an aromatic ring is 1. The monoisotopic (exact) mass is 416 g/mol. The van der Waals surface area contributed by atoms with Gasteiger partial charge in [0.1, 0.15) is 5.82 Å². The van der Waals surface area contributed by atoms with Crippen molar-refractivity contribution in [1.82, 2.24) is 24.7 Å². The van der Waals surface area contributed by atoms with Gasteiger partial charge in [-0.25, -0.2) is 14.6 Å². The normalized spacial score (nSPS) is 16.5. The summed E-state index contributed by atoms with van der Waals surface area (Å²) in [5, 5.41) is 5.40. The van der Waals surface area contributed by atoms with Crippen LogP contribution >= 0.6 is 11.6 Å². The quantitative estimate of drug-likeness (QED) is 0.557. The summed E-state index contributed by atoms with van der Waals surface area (Å²) in [6.07, 6.45) is 2.85. The van der Waals surface area contributed by atoms with Crippen molar-refractivity contribution in [1.29, 1.82) is 0 Å². The van der Waals surface area contributed by atoms with Gasteiger partial charge in [-0.2, -0.15) is 5.10 Å². The lowest BCUT2D eigenvalue weighted by molar-refractivity contribution is 0.599. The third-order valence-corrected chi connectivity index (χ3v) is 5.11. The Morgan fingerprint density at radius 1 is 1.24 bits per heavy atom. The average molecular weight is 417 g/mol. The Morgan fingerprint density at radius 2 is 1.86 bits per heavy atom. The summed E-state index contributed by atoms with van der Waals surface area (Å²) in [5.41, 5.74) is 7.45. The molecule has 6 nitrogen and oxygen atoms in total. The van der Waals surface area contributed by atoms with Crippen LogP contribution in [0.1, 0.15) is 77.1 Å². The predicted molar refractivity (Wildman–Crippen MR) is 121 cm³/mol. The van der Waals surface area contributed by atoms with Gasteiger partial charge < -0.3 is 10.7 Å². The number of aromatic nitrogens is 5. The minimum atomic E-state index is 0.319. The van der Waals surface area contributed by atoms with Crippen LogP contribution in [-0.2, 0) is 0 Å². The van der Waals surface area contributed by atoms with Crippen molar-refractivity contribution in [2.45, 2.75) is 66.7 Å². The number of anilines is 1. The summed E-state index contributed by atoms with van der Waals surface area (Å²) in [7, 11) is 0. The van der Waals surface area contributed by atoms with Crippen LogP contribution in [0.3, 0.4) is 0 Å². The van der Waals surface area contributed by atoms with Gasteiger partial charge in [0.15, 0.2) is 11.8 Å². The fourth-order valence-electron chi connectivity index (χ4n) is 2.95. The third-order valence-electron chi connectivity index (χ3n) is 4.79. The van der Waals surface area contributed by atoms with Crippen molar-refractivity contribution < 1.29 is 0 Å². The van der Waals surface area contributed by atoms with Gasteiger partial charge in [-0.1, -0.05) is 65.3 Å². The van der Waals surface area contributed by atoms with Gasteiger partial charge in [-0.05, 0) is 30.9 Å². The number of hydrogen-bond donors (Lipinski definition) is 2. The molecule has 1 fully saturated rings. The van der Waals surface area contributed by atoms with Gasteiger partial charge in [0.25, 0.3) is 0 Å². The van der Waals surface area contributed by atoms with E-state index in [4.69, 9.17) is 22.3 Å². The van der Waals surface area contributed by atoms with Crippen molar-refractivity contribution in [2.24, 2.45) is 5.41 Å². The molecule has 2 aromatic heterocycles. The number of hydrogen-bond acceptors (Lipinski definition) is 4. The second-order valence-electron chi connectivity index (χ2n) is 8.04. The molecule has 0 amide bonds. The van der Waals surface area contributed by atoms with Crippen molar-refractivity contribution in [3.8, 4) is 5.69 Å². The molecule has 0 bridgehead atoms. The number of nitrogens with zero attached hydrogens (tertiary/aromatic N) is 4. The Bertz CT molecular complexity index is 909. The third kappa shape index (κ3) is 5.60. The number of rotatable bonds is 3. The van der Waals surface area contributed by atoms with Gasteiger partial charge in [0, 0.05) is 23.7 Å². The first kappa shape index (κ1) is 22.9. The van der Waals surface area contributed by atoms with E-state index in [-0.39, 0.29) is 0 Å². The Hall–Kier alpha value is -2.34. The van der Waals surface area contributed by atoms with Crippen molar-refractivity contribution in [3.05, 3.63) is 52.8 Å². The Balaban J connectivity index is 0.000000280. The number of halogens is 1. The molecule has 1 saturated carbocycles. The van der Waals surface area contributed by atoms with Gasteiger partial charge >= 0.3 is 0 Å². The predicted octanol–water partition coefficient (Wildman–Crippen LogP) is 5.88. The van der Waals surface area contributed by atoms with Gasteiger partial charge in [-0.15, -0.1) is 0 Å². The first-order chi connectivity index (χ1) is 13.7. The zero-order valence-electron chi connectivity index (χ0n) is 18.5. The molecular weight excluding hydrogens is 384 g/mol. The molecule has 7 heteroatoms. The SMILES string of the molecule is CC.CC(C)c1nc([C@@H]2CC2(C)C)n(-c2ccccc2Cl)n1.Cc1cnc(N)[nH]1. The molecule has 0 spiro atoms. The van der Waals surface area contributed by atoms with Crippen LogP contribution in [0.2, 0.25) is 5.02 Å². The van der Waals surface area contributed by atoms with Crippen LogP contribution in [0, 0.1) is 12.3 Å². The highest BCUT2D eigenvalue weighted by atomic mass is 35.5. The maximum absolute atomic E-state index is 6.33. The summed E-state index contributed by atoms with van der Waals surface area (Å²) in [6, 6.07) is 7.82. The lowest BCUT2D eigenvalue weighted by atomic mass is 10.1. The lowest BCUT2D eigenvalue weighted by Gasteiger charge is -2.08. The van der Waals surface area contributed by atoms with Gasteiger partial charge in [0.05, 0.1) is 10.7 Å². The van der Waals surface area contributed by atoms with Gasteiger partial charge in [-0.3, -0.25) is 0 Å². The highest BCUT2D eigenvalue weighted by molar-refractivity contribution is 6.32. The summed E-state index contributed by atoms with van der Waals surface area (Å²) in [6.45, 7) is 14.7. The van der Waals surface area contributed by atoms with Crippen molar-refractivity contribution >= 4 is 17.5 Å². The second-order valence-corrected chi connectivity index (χ2v) is 8.45. The van der Waals surface area contributed by atoms with E-state index >= 15 is 0 Å². The minimum Gasteiger partial charge on any atom is -0.369 e. The molecule has 0 aliphatic heterocycles. The molecule has 4 rings (SSSR count). The molecular formula is C22H33ClN6. The van der Waals surface area contributed by atoms with Gasteiger partial charge in [0.2, 0.25) is 0 Å². The number of H-pyrrole nitrogens is 1. The van der Waals surface area contributed by atoms with E-state index in [9.17, 15) is 0 Å². The number of para-hydroxylation sites is 1. The topological polar surface area (TPSA) is 85.4 Å². The van der Waals surface area contributed by atoms with Crippen LogP contribution in [0.25, 0.3) is 5.69 Å². The van der Waals surface area contributed by atoms with Crippen LogP contribution < -0.4 is 5.73 Å². The number of nitrogens with one attached hydrogen (secondary N) is 1. The zero-order chi connectivity index (χ0) is 21.8. The molecule has 2 heterocycles. The molecule has 29 heavy (non-hydrogen) atoms. The average Bonchev–Trinajstić information content (AvgIpc) is 3.01. The van der Waals surface area contributed by atoms with Crippen molar-refractivity contribution in [2.75, 3.05) is 5.73 Å². The van der Waals surface area contributed by atoms with Crippen LogP contribution in [0.5, 0.6) is 0 Å². The molecule has 1 atom stereocenters. The van der Waals surface area contributed by atoms with E-state index in [1.54, 1.807) is 6.20 Å². The smallest absolute Gasteiger partial charge is 0.197 e. The molecule has 3 aromatic rings. The maximum atomic E-state index is 6.33. The number of aryl methyl sites for hydroxylation is 1. The molecule has 0 saturated heterocycles. The van der Waals surface area contributed by atoms with E-state index in [1.807, 2.05) is 49.7 Å². The van der Waals surface area contributed by atoms with E-state index in [2.05, 4.69) is 42.8 Å². The van der Waals surface area contributed by atoms with E-state index in [0.717, 1.165) is 29.5 Å². The summed E-state index contributed by atoms with van der Waals surface area (Å²) < 4.78 is 1.94. The number of benzene rings is 1. The fraction of sp³-hybridized carbons (Fsp3) is 0.500. The fourth-order valence-corrected chi connectivity index (χ4v) is 3.17. The van der Waals surface area contributed by atoms with Crippen LogP contribution in [0.4, 0.5) is 5.95 Å². The highest BCUT2D eigenvalue weighted by Gasteiger charge is 2.50. The maximum Gasteiger partial charge on any atom is 0.197 e. The van der Waals surface area contributed by atoms with E-state index in [0.29, 0.717) is 28.2 Å². The first-order valence-electron chi connectivity index (χ1n) is 10.2. The Morgan fingerprint density at radius 3 is 2.28 bits per heavy atom. The Kier molecular flexibility index (Phi) is 7.47. The van der Waals surface area contributed by atoms with E-state index < -0.39 is 0 Å².